The Balaban J connectivity index is 3.01. The Labute approximate surface area is 107 Å². The van der Waals surface area contributed by atoms with Gasteiger partial charge in [-0.2, -0.15) is 0 Å². The molecule has 0 aliphatic rings. The molecule has 18 heavy (non-hydrogen) atoms. The maximum absolute atomic E-state index is 11.1. The number of carbonyl (C=O) groups is 1. The maximum atomic E-state index is 11.1. The number of hydrogen-bond acceptors (Lipinski definition) is 5. The Bertz CT molecular complexity index is 414. The van der Waals surface area contributed by atoms with Crippen molar-refractivity contribution in [1.82, 2.24) is 0 Å². The molecule has 0 spiro atoms. The number of methoxy groups -OCH3 is 4. The van der Waals surface area contributed by atoms with E-state index in [4.69, 9.17) is 14.2 Å². The second-order valence-corrected chi connectivity index (χ2v) is 3.57. The molecule has 0 aliphatic carbocycles. The van der Waals surface area contributed by atoms with Crippen LogP contribution >= 0.6 is 0 Å². The summed E-state index contributed by atoms with van der Waals surface area (Å²) in [6, 6.07) is 3.64. The largest absolute Gasteiger partial charge is 0.493 e. The number of esters is 1. The van der Waals surface area contributed by atoms with Crippen LogP contribution in [0.2, 0.25) is 0 Å². The summed E-state index contributed by atoms with van der Waals surface area (Å²) in [5.41, 5.74) is 0.876. The van der Waals surface area contributed by atoms with Crippen LogP contribution < -0.4 is 14.2 Å². The molecule has 0 aliphatic heterocycles. The monoisotopic (exact) mass is 254 g/mol. The molecule has 0 aromatic heterocycles. The van der Waals surface area contributed by atoms with E-state index in [1.54, 1.807) is 27.4 Å². The standard InChI is InChI=1S/C13H18O5/c1-15-10-7-5-9(6-8-11(14)16-2)12(17-3)13(10)18-4/h5,7H,6,8H2,1-4H3. The van der Waals surface area contributed by atoms with Gasteiger partial charge in [-0.05, 0) is 18.1 Å². The summed E-state index contributed by atoms with van der Waals surface area (Å²) in [5, 5.41) is 0. The summed E-state index contributed by atoms with van der Waals surface area (Å²) in [6.07, 6.45) is 0.818. The number of ether oxygens (including phenoxy) is 4. The van der Waals surface area contributed by atoms with E-state index in [-0.39, 0.29) is 5.97 Å². The molecule has 0 heterocycles. The lowest BCUT2D eigenvalue weighted by molar-refractivity contribution is -0.140. The van der Waals surface area contributed by atoms with Crippen LogP contribution in [0.25, 0.3) is 0 Å². The predicted octanol–water partition coefficient (Wildman–Crippen LogP) is 1.82. The van der Waals surface area contributed by atoms with Crippen molar-refractivity contribution in [3.8, 4) is 17.2 Å². The molecular formula is C13H18O5. The predicted molar refractivity (Wildman–Crippen MR) is 66.4 cm³/mol. The number of benzene rings is 1. The van der Waals surface area contributed by atoms with E-state index in [0.29, 0.717) is 30.1 Å². The van der Waals surface area contributed by atoms with Gasteiger partial charge in [0.1, 0.15) is 0 Å². The molecule has 0 fully saturated rings. The lowest BCUT2D eigenvalue weighted by Gasteiger charge is -2.15. The minimum absolute atomic E-state index is 0.258. The summed E-state index contributed by atoms with van der Waals surface area (Å²) in [6.45, 7) is 0. The third-order valence-electron chi connectivity index (χ3n) is 2.61. The maximum Gasteiger partial charge on any atom is 0.305 e. The van der Waals surface area contributed by atoms with E-state index >= 15 is 0 Å². The molecule has 1 rings (SSSR count). The first kappa shape index (κ1) is 14.2. The highest BCUT2D eigenvalue weighted by molar-refractivity contribution is 5.70. The molecule has 5 heteroatoms. The van der Waals surface area contributed by atoms with Crippen LogP contribution in [0.3, 0.4) is 0 Å². The Morgan fingerprint density at radius 3 is 2.17 bits per heavy atom. The van der Waals surface area contributed by atoms with Gasteiger partial charge >= 0.3 is 5.97 Å². The molecule has 0 atom stereocenters. The number of hydrogen-bond donors (Lipinski definition) is 0. The fourth-order valence-electron chi connectivity index (χ4n) is 1.70. The van der Waals surface area contributed by atoms with Crippen LogP contribution in [0, 0.1) is 0 Å². The number of aryl methyl sites for hydroxylation is 1. The van der Waals surface area contributed by atoms with Crippen LogP contribution in [-0.4, -0.2) is 34.4 Å². The smallest absolute Gasteiger partial charge is 0.305 e. The average molecular weight is 254 g/mol. The van der Waals surface area contributed by atoms with Gasteiger partial charge < -0.3 is 18.9 Å². The first-order valence-corrected chi connectivity index (χ1v) is 5.52. The zero-order valence-corrected chi connectivity index (χ0v) is 11.1. The molecule has 0 radical (unpaired) electrons. The Morgan fingerprint density at radius 2 is 1.67 bits per heavy atom. The van der Waals surface area contributed by atoms with Crippen molar-refractivity contribution >= 4 is 5.97 Å². The zero-order valence-electron chi connectivity index (χ0n) is 11.1. The summed E-state index contributed by atoms with van der Waals surface area (Å²) in [5.74, 6) is 1.45. The molecule has 1 aromatic carbocycles. The van der Waals surface area contributed by atoms with Gasteiger partial charge in [0.25, 0.3) is 0 Å². The van der Waals surface area contributed by atoms with Crippen LogP contribution in [0.4, 0.5) is 0 Å². The third kappa shape index (κ3) is 3.06. The fourth-order valence-corrected chi connectivity index (χ4v) is 1.70. The van der Waals surface area contributed by atoms with E-state index in [9.17, 15) is 4.79 Å². The van der Waals surface area contributed by atoms with Crippen molar-refractivity contribution < 1.29 is 23.7 Å². The van der Waals surface area contributed by atoms with Crippen LogP contribution in [0.5, 0.6) is 17.2 Å². The fraction of sp³-hybridized carbons (Fsp3) is 0.462. The van der Waals surface area contributed by atoms with Crippen molar-refractivity contribution in [2.45, 2.75) is 12.8 Å². The van der Waals surface area contributed by atoms with Gasteiger partial charge in [-0.25, -0.2) is 0 Å². The Hall–Kier alpha value is -1.91. The molecule has 0 amide bonds. The van der Waals surface area contributed by atoms with E-state index < -0.39 is 0 Å². The lowest BCUT2D eigenvalue weighted by Crippen LogP contribution is -2.04. The zero-order chi connectivity index (χ0) is 13.5. The Morgan fingerprint density at radius 1 is 1.00 bits per heavy atom. The summed E-state index contributed by atoms with van der Waals surface area (Å²) >= 11 is 0. The van der Waals surface area contributed by atoms with Crippen LogP contribution in [0.15, 0.2) is 12.1 Å². The third-order valence-corrected chi connectivity index (χ3v) is 2.61. The van der Waals surface area contributed by atoms with Gasteiger partial charge in [0, 0.05) is 6.42 Å². The van der Waals surface area contributed by atoms with Crippen LogP contribution in [0.1, 0.15) is 12.0 Å². The highest BCUT2D eigenvalue weighted by atomic mass is 16.5. The van der Waals surface area contributed by atoms with E-state index in [0.717, 1.165) is 5.56 Å². The SMILES string of the molecule is COC(=O)CCc1ccc(OC)c(OC)c1OC. The summed E-state index contributed by atoms with van der Waals surface area (Å²) in [4.78, 5) is 11.1. The normalized spacial score (nSPS) is 9.78. The van der Waals surface area contributed by atoms with E-state index in [1.165, 1.54) is 7.11 Å². The minimum Gasteiger partial charge on any atom is -0.493 e. The number of rotatable bonds is 6. The van der Waals surface area contributed by atoms with Gasteiger partial charge in [0.15, 0.2) is 11.5 Å². The van der Waals surface area contributed by atoms with E-state index in [1.807, 2.05) is 6.07 Å². The van der Waals surface area contributed by atoms with Crippen molar-refractivity contribution in [2.24, 2.45) is 0 Å². The molecule has 5 nitrogen and oxygen atoms in total. The molecule has 0 unspecified atom stereocenters. The highest BCUT2D eigenvalue weighted by Crippen LogP contribution is 2.40. The molecule has 0 N–H and O–H groups in total. The first-order valence-electron chi connectivity index (χ1n) is 5.52. The molecular weight excluding hydrogens is 236 g/mol. The molecule has 0 bridgehead atoms. The highest BCUT2D eigenvalue weighted by Gasteiger charge is 2.16. The Kier molecular flexibility index (Phi) is 5.30. The summed E-state index contributed by atoms with van der Waals surface area (Å²) < 4.78 is 20.4. The lowest BCUT2D eigenvalue weighted by atomic mass is 10.1. The van der Waals surface area contributed by atoms with Crippen molar-refractivity contribution in [2.75, 3.05) is 28.4 Å². The topological polar surface area (TPSA) is 54.0 Å². The minimum atomic E-state index is -0.258. The second-order valence-electron chi connectivity index (χ2n) is 3.57. The quantitative estimate of drug-likeness (QED) is 0.725. The van der Waals surface area contributed by atoms with Gasteiger partial charge in [-0.1, -0.05) is 6.07 Å². The molecule has 1 aromatic rings. The van der Waals surface area contributed by atoms with Crippen LogP contribution in [-0.2, 0) is 16.0 Å². The first-order chi connectivity index (χ1) is 8.67. The van der Waals surface area contributed by atoms with Gasteiger partial charge in [-0.15, -0.1) is 0 Å². The second kappa shape index (κ2) is 6.74. The van der Waals surface area contributed by atoms with Crippen molar-refractivity contribution in [3.05, 3.63) is 17.7 Å². The van der Waals surface area contributed by atoms with Crippen molar-refractivity contribution in [3.63, 3.8) is 0 Å². The average Bonchev–Trinajstić information content (AvgIpc) is 2.43. The van der Waals surface area contributed by atoms with Gasteiger partial charge in [-0.3, -0.25) is 4.79 Å². The van der Waals surface area contributed by atoms with E-state index in [2.05, 4.69) is 4.74 Å². The number of carbonyl (C=O) groups excluding carboxylic acids is 1. The van der Waals surface area contributed by atoms with Crippen molar-refractivity contribution in [1.29, 1.82) is 0 Å². The van der Waals surface area contributed by atoms with Gasteiger partial charge in [0.2, 0.25) is 5.75 Å². The molecule has 0 saturated heterocycles. The van der Waals surface area contributed by atoms with Gasteiger partial charge in [0.05, 0.1) is 28.4 Å². The summed E-state index contributed by atoms with van der Waals surface area (Å²) in [7, 11) is 6.03. The molecule has 0 saturated carbocycles. The molecule has 100 valence electrons.